The predicted molar refractivity (Wildman–Crippen MR) is 60.5 cm³/mol. The van der Waals surface area contributed by atoms with Crippen molar-refractivity contribution in [1.29, 1.82) is 0 Å². The van der Waals surface area contributed by atoms with E-state index in [1.165, 1.54) is 18.9 Å². The SMILES string of the molecule is COCSC1C(=O)NC1c1ccc(F)c(F)c1F. The standard InChI is InChI=1S/C11H10F3NO2S/c1-17-4-18-10-9(15-11(10)16)5-2-3-6(12)8(14)7(5)13/h2-3,9-10H,4H2,1H3,(H,15,16). The highest BCUT2D eigenvalue weighted by molar-refractivity contribution is 8.00. The summed E-state index contributed by atoms with van der Waals surface area (Å²) in [5.74, 6) is -4.04. The molecule has 1 aliphatic rings. The van der Waals surface area contributed by atoms with Crippen LogP contribution in [0.1, 0.15) is 11.6 Å². The van der Waals surface area contributed by atoms with Crippen molar-refractivity contribution in [3.05, 3.63) is 35.1 Å². The molecule has 98 valence electrons. The van der Waals surface area contributed by atoms with Gasteiger partial charge in [0.15, 0.2) is 17.5 Å². The summed E-state index contributed by atoms with van der Waals surface area (Å²) in [6.07, 6.45) is 0. The van der Waals surface area contributed by atoms with Crippen molar-refractivity contribution in [2.75, 3.05) is 13.0 Å². The van der Waals surface area contributed by atoms with E-state index < -0.39 is 28.7 Å². The molecule has 1 N–H and O–H groups in total. The van der Waals surface area contributed by atoms with E-state index in [0.717, 1.165) is 12.1 Å². The zero-order chi connectivity index (χ0) is 13.3. The normalized spacial score (nSPS) is 22.6. The van der Waals surface area contributed by atoms with Crippen LogP contribution in [0.3, 0.4) is 0 Å². The van der Waals surface area contributed by atoms with Crippen molar-refractivity contribution in [1.82, 2.24) is 5.32 Å². The third-order valence-corrected chi connectivity index (χ3v) is 3.84. The van der Waals surface area contributed by atoms with Gasteiger partial charge in [0.05, 0.1) is 12.0 Å². The second-order valence-corrected chi connectivity index (χ2v) is 4.82. The molecule has 3 nitrogen and oxygen atoms in total. The van der Waals surface area contributed by atoms with E-state index in [-0.39, 0.29) is 17.4 Å². The predicted octanol–water partition coefficient (Wildman–Crippen LogP) is 1.98. The highest BCUT2D eigenvalue weighted by Gasteiger charge is 2.42. The van der Waals surface area contributed by atoms with Crippen LogP contribution in [0.4, 0.5) is 13.2 Å². The number of hydrogen-bond donors (Lipinski definition) is 1. The maximum absolute atomic E-state index is 13.5. The molecule has 0 spiro atoms. The molecule has 1 saturated heterocycles. The summed E-state index contributed by atoms with van der Waals surface area (Å²) in [5.41, 5.74) is -0.0536. The zero-order valence-electron chi connectivity index (χ0n) is 9.38. The van der Waals surface area contributed by atoms with Crippen molar-refractivity contribution in [3.63, 3.8) is 0 Å². The molecule has 0 aliphatic carbocycles. The van der Waals surface area contributed by atoms with Crippen molar-refractivity contribution in [3.8, 4) is 0 Å². The van der Waals surface area contributed by atoms with Gasteiger partial charge < -0.3 is 10.1 Å². The van der Waals surface area contributed by atoms with Gasteiger partial charge in [0, 0.05) is 12.7 Å². The smallest absolute Gasteiger partial charge is 0.236 e. The van der Waals surface area contributed by atoms with Gasteiger partial charge in [0.2, 0.25) is 5.91 Å². The van der Waals surface area contributed by atoms with E-state index in [4.69, 9.17) is 4.74 Å². The number of ether oxygens (including phenoxy) is 1. The lowest BCUT2D eigenvalue weighted by Gasteiger charge is -2.36. The largest absolute Gasteiger partial charge is 0.374 e. The van der Waals surface area contributed by atoms with E-state index in [1.54, 1.807) is 0 Å². The fraction of sp³-hybridized carbons (Fsp3) is 0.364. The Hall–Kier alpha value is -1.21. The van der Waals surface area contributed by atoms with Gasteiger partial charge in [-0.15, -0.1) is 11.8 Å². The van der Waals surface area contributed by atoms with E-state index in [0.29, 0.717) is 0 Å². The Morgan fingerprint density at radius 3 is 2.67 bits per heavy atom. The number of hydrogen-bond acceptors (Lipinski definition) is 3. The Morgan fingerprint density at radius 1 is 1.33 bits per heavy atom. The fourth-order valence-corrected chi connectivity index (χ4v) is 2.61. The van der Waals surface area contributed by atoms with Crippen LogP contribution in [0.25, 0.3) is 0 Å². The first kappa shape index (κ1) is 13.2. The quantitative estimate of drug-likeness (QED) is 0.519. The highest BCUT2D eigenvalue weighted by Crippen LogP contribution is 2.35. The summed E-state index contributed by atoms with van der Waals surface area (Å²) >= 11 is 1.18. The first-order valence-electron chi connectivity index (χ1n) is 5.10. The minimum Gasteiger partial charge on any atom is -0.374 e. The molecule has 1 aromatic carbocycles. The minimum atomic E-state index is -1.52. The van der Waals surface area contributed by atoms with E-state index >= 15 is 0 Å². The van der Waals surface area contributed by atoms with Crippen LogP contribution in [0, 0.1) is 17.5 Å². The first-order chi connectivity index (χ1) is 8.56. The van der Waals surface area contributed by atoms with Crippen molar-refractivity contribution in [2.24, 2.45) is 0 Å². The third kappa shape index (κ3) is 2.20. The Balaban J connectivity index is 2.22. The highest BCUT2D eigenvalue weighted by atomic mass is 32.2. The van der Waals surface area contributed by atoms with Crippen LogP contribution < -0.4 is 5.32 Å². The van der Waals surface area contributed by atoms with Gasteiger partial charge in [-0.25, -0.2) is 13.2 Å². The van der Waals surface area contributed by atoms with E-state index in [1.807, 2.05) is 0 Å². The number of benzene rings is 1. The fourth-order valence-electron chi connectivity index (χ4n) is 1.70. The van der Waals surface area contributed by atoms with Gasteiger partial charge in [0.25, 0.3) is 0 Å². The summed E-state index contributed by atoms with van der Waals surface area (Å²) in [4.78, 5) is 11.3. The summed E-state index contributed by atoms with van der Waals surface area (Å²) < 4.78 is 44.2. The number of rotatable bonds is 4. The molecule has 1 heterocycles. The average molecular weight is 277 g/mol. The molecule has 1 fully saturated rings. The maximum Gasteiger partial charge on any atom is 0.236 e. The number of carbonyl (C=O) groups excluding carboxylic acids is 1. The summed E-state index contributed by atoms with van der Waals surface area (Å²) in [5, 5.41) is 1.91. The van der Waals surface area contributed by atoms with Gasteiger partial charge >= 0.3 is 0 Å². The number of methoxy groups -OCH3 is 1. The molecule has 2 rings (SSSR count). The van der Waals surface area contributed by atoms with Gasteiger partial charge in [-0.2, -0.15) is 0 Å². The van der Waals surface area contributed by atoms with Gasteiger partial charge in [-0.05, 0) is 6.07 Å². The van der Waals surface area contributed by atoms with Crippen LogP contribution in [-0.2, 0) is 9.53 Å². The lowest BCUT2D eigenvalue weighted by atomic mass is 9.96. The van der Waals surface area contributed by atoms with Crippen LogP contribution in [0.2, 0.25) is 0 Å². The van der Waals surface area contributed by atoms with Crippen molar-refractivity contribution >= 4 is 17.7 Å². The molecule has 0 aromatic heterocycles. The second-order valence-electron chi connectivity index (χ2n) is 3.74. The maximum atomic E-state index is 13.5. The van der Waals surface area contributed by atoms with Crippen molar-refractivity contribution < 1.29 is 22.7 Å². The van der Waals surface area contributed by atoms with Crippen LogP contribution >= 0.6 is 11.8 Å². The molecular formula is C11H10F3NO2S. The monoisotopic (exact) mass is 277 g/mol. The average Bonchev–Trinajstić information content (AvgIpc) is 2.35. The zero-order valence-corrected chi connectivity index (χ0v) is 10.2. The summed E-state index contributed by atoms with van der Waals surface area (Å²) in [6, 6.07) is 1.32. The molecule has 0 bridgehead atoms. The van der Waals surface area contributed by atoms with Crippen LogP contribution in [-0.4, -0.2) is 24.2 Å². The summed E-state index contributed by atoms with van der Waals surface area (Å²) in [7, 11) is 1.47. The first-order valence-corrected chi connectivity index (χ1v) is 6.15. The van der Waals surface area contributed by atoms with Crippen molar-refractivity contribution in [2.45, 2.75) is 11.3 Å². The number of nitrogens with one attached hydrogen (secondary N) is 1. The van der Waals surface area contributed by atoms with E-state index in [2.05, 4.69) is 5.32 Å². The van der Waals surface area contributed by atoms with Crippen LogP contribution in [0.5, 0.6) is 0 Å². The number of halogens is 3. The van der Waals surface area contributed by atoms with Gasteiger partial charge in [-0.3, -0.25) is 4.79 Å². The van der Waals surface area contributed by atoms with Gasteiger partial charge in [-0.1, -0.05) is 6.07 Å². The molecule has 0 saturated carbocycles. The molecule has 2 unspecified atom stereocenters. The molecule has 18 heavy (non-hydrogen) atoms. The molecule has 1 aliphatic heterocycles. The Labute approximate surface area is 106 Å². The Kier molecular flexibility index (Phi) is 3.82. The number of β-lactam (4-membered cyclic amide) rings is 1. The minimum absolute atomic E-state index is 0.0536. The lowest BCUT2D eigenvalue weighted by Crippen LogP contribution is -2.54. The molecule has 2 atom stereocenters. The number of thioether (sulfide) groups is 1. The Morgan fingerprint density at radius 2 is 2.06 bits per heavy atom. The topological polar surface area (TPSA) is 38.3 Å². The summed E-state index contributed by atoms with van der Waals surface area (Å²) in [6.45, 7) is 0. The third-order valence-electron chi connectivity index (χ3n) is 2.62. The van der Waals surface area contributed by atoms with Gasteiger partial charge in [0.1, 0.15) is 5.25 Å². The Bertz CT molecular complexity index is 484. The van der Waals surface area contributed by atoms with E-state index in [9.17, 15) is 18.0 Å². The molecule has 1 amide bonds. The van der Waals surface area contributed by atoms with Crippen LogP contribution in [0.15, 0.2) is 12.1 Å². The number of amides is 1. The number of carbonyl (C=O) groups is 1. The second kappa shape index (κ2) is 5.19. The lowest BCUT2D eigenvalue weighted by molar-refractivity contribution is -0.127. The molecule has 7 heteroatoms. The molecule has 1 aromatic rings. The molecular weight excluding hydrogens is 267 g/mol. The molecule has 0 radical (unpaired) electrons.